The molecule has 0 saturated carbocycles. The molecule has 1 aromatic heterocycles. The van der Waals surface area contributed by atoms with E-state index in [1.165, 1.54) is 7.05 Å². The summed E-state index contributed by atoms with van der Waals surface area (Å²) in [4.78, 5) is 6.70. The van der Waals surface area contributed by atoms with Crippen LogP contribution in [0.4, 0.5) is 0 Å². The smallest absolute Gasteiger partial charge is 0.279 e. The van der Waals surface area contributed by atoms with Gasteiger partial charge in [0.1, 0.15) is 5.82 Å². The minimum Gasteiger partial charge on any atom is -0.396 e. The minimum absolute atomic E-state index is 0.0297. The molecule has 0 aliphatic rings. The van der Waals surface area contributed by atoms with Gasteiger partial charge in [0.15, 0.2) is 0 Å². The average molecular weight is 248 g/mol. The first-order valence-corrected chi connectivity index (χ1v) is 6.30. The molecule has 1 rings (SSSR count). The van der Waals surface area contributed by atoms with Crippen LogP contribution in [0.25, 0.3) is 0 Å². The lowest BCUT2D eigenvalue weighted by Crippen LogP contribution is -2.38. The fourth-order valence-corrected chi connectivity index (χ4v) is 1.99. The predicted molar refractivity (Wildman–Crippen MR) is 58.7 cm³/mol. The van der Waals surface area contributed by atoms with Crippen molar-refractivity contribution in [3.05, 3.63) is 18.2 Å². The van der Waals surface area contributed by atoms with E-state index < -0.39 is 10.2 Å². The molecule has 0 saturated heterocycles. The third-order valence-corrected chi connectivity index (χ3v) is 3.53. The van der Waals surface area contributed by atoms with Gasteiger partial charge in [0.2, 0.25) is 0 Å². The first-order chi connectivity index (χ1) is 7.56. The summed E-state index contributed by atoms with van der Waals surface area (Å²) >= 11 is 0. The molecule has 0 aliphatic heterocycles. The number of nitrogens with zero attached hydrogens (tertiary/aromatic N) is 2. The van der Waals surface area contributed by atoms with Gasteiger partial charge in [-0.25, -0.2) is 4.98 Å². The monoisotopic (exact) mass is 248 g/mol. The van der Waals surface area contributed by atoms with Crippen LogP contribution >= 0.6 is 0 Å². The fraction of sp³-hybridized carbons (Fsp3) is 0.625. The average Bonchev–Trinajstić information content (AvgIpc) is 2.76. The highest BCUT2D eigenvalue weighted by atomic mass is 32.2. The van der Waals surface area contributed by atoms with E-state index in [4.69, 9.17) is 5.11 Å². The van der Waals surface area contributed by atoms with E-state index in [2.05, 4.69) is 14.7 Å². The molecule has 0 amide bonds. The third kappa shape index (κ3) is 3.89. The summed E-state index contributed by atoms with van der Waals surface area (Å²) in [7, 11) is -2.04. The van der Waals surface area contributed by atoms with Gasteiger partial charge in [-0.05, 0) is 6.42 Å². The Labute approximate surface area is 94.7 Å². The second-order valence-corrected chi connectivity index (χ2v) is 5.12. The number of aromatic amines is 1. The minimum atomic E-state index is -3.50. The molecule has 92 valence electrons. The Kier molecular flexibility index (Phi) is 4.87. The first-order valence-electron chi connectivity index (χ1n) is 4.86. The Morgan fingerprint density at radius 2 is 2.38 bits per heavy atom. The quantitative estimate of drug-likeness (QED) is 0.580. The Morgan fingerprint density at radius 3 is 2.94 bits per heavy atom. The van der Waals surface area contributed by atoms with Gasteiger partial charge < -0.3 is 10.1 Å². The summed E-state index contributed by atoms with van der Waals surface area (Å²) in [5.74, 6) is 0.555. The standard InChI is InChI=1S/C8H16N4O3S/c1-12(5-2-6-13)16(14,15)11-7-8-9-3-4-10-8/h3-4,11,13H,2,5-7H2,1H3,(H,9,10). The molecule has 0 fully saturated rings. The molecule has 0 aliphatic carbocycles. The number of aliphatic hydroxyl groups excluding tert-OH is 1. The van der Waals surface area contributed by atoms with Crippen LogP contribution in [0.1, 0.15) is 12.2 Å². The van der Waals surface area contributed by atoms with E-state index in [1.54, 1.807) is 12.4 Å². The highest BCUT2D eigenvalue weighted by molar-refractivity contribution is 7.87. The third-order valence-electron chi connectivity index (χ3n) is 2.02. The van der Waals surface area contributed by atoms with Crippen LogP contribution in [-0.2, 0) is 16.8 Å². The van der Waals surface area contributed by atoms with Gasteiger partial charge in [-0.2, -0.15) is 17.4 Å². The van der Waals surface area contributed by atoms with Crippen molar-refractivity contribution >= 4 is 10.2 Å². The van der Waals surface area contributed by atoms with Crippen LogP contribution < -0.4 is 4.72 Å². The number of aromatic nitrogens is 2. The van der Waals surface area contributed by atoms with Crippen molar-refractivity contribution in [1.29, 1.82) is 0 Å². The normalized spacial score (nSPS) is 12.2. The van der Waals surface area contributed by atoms with Gasteiger partial charge in [0.25, 0.3) is 10.2 Å². The lowest BCUT2D eigenvalue weighted by Gasteiger charge is -2.16. The van der Waals surface area contributed by atoms with E-state index in [1.807, 2.05) is 0 Å². The molecule has 1 heterocycles. The zero-order chi connectivity index (χ0) is 12.0. The maximum atomic E-state index is 11.6. The second-order valence-electron chi connectivity index (χ2n) is 3.26. The summed E-state index contributed by atoms with van der Waals surface area (Å²) in [6, 6.07) is 0. The van der Waals surface area contributed by atoms with Gasteiger partial charge in [0, 0.05) is 32.6 Å². The number of imidazole rings is 1. The summed E-state index contributed by atoms with van der Waals surface area (Å²) in [5.41, 5.74) is 0. The van der Waals surface area contributed by atoms with Crippen molar-refractivity contribution in [1.82, 2.24) is 19.0 Å². The molecule has 0 radical (unpaired) electrons. The number of H-pyrrole nitrogens is 1. The summed E-state index contributed by atoms with van der Waals surface area (Å²) < 4.78 is 26.8. The molecule has 8 heteroatoms. The van der Waals surface area contributed by atoms with Gasteiger partial charge in [-0.15, -0.1) is 0 Å². The topological polar surface area (TPSA) is 98.3 Å². The highest BCUT2D eigenvalue weighted by Crippen LogP contribution is 1.97. The van der Waals surface area contributed by atoms with Gasteiger partial charge in [-0.1, -0.05) is 0 Å². The van der Waals surface area contributed by atoms with Gasteiger partial charge in [-0.3, -0.25) is 0 Å². The molecule has 0 aromatic carbocycles. The molecular weight excluding hydrogens is 232 g/mol. The molecule has 3 N–H and O–H groups in total. The number of hydrogen-bond donors (Lipinski definition) is 3. The largest absolute Gasteiger partial charge is 0.396 e. The maximum absolute atomic E-state index is 11.6. The van der Waals surface area contributed by atoms with Gasteiger partial charge >= 0.3 is 0 Å². The Balaban J connectivity index is 2.45. The van der Waals surface area contributed by atoms with Crippen molar-refractivity contribution in [2.75, 3.05) is 20.2 Å². The fourth-order valence-electron chi connectivity index (χ4n) is 1.08. The van der Waals surface area contributed by atoms with Crippen LogP contribution in [-0.4, -0.2) is 48.0 Å². The molecule has 16 heavy (non-hydrogen) atoms. The number of nitrogens with one attached hydrogen (secondary N) is 2. The van der Waals surface area contributed by atoms with Crippen molar-refractivity contribution < 1.29 is 13.5 Å². The predicted octanol–water partition coefficient (Wildman–Crippen LogP) is -0.942. The molecular formula is C8H16N4O3S. The molecule has 0 spiro atoms. The summed E-state index contributed by atoms with van der Waals surface area (Å²) in [5, 5.41) is 8.60. The van der Waals surface area contributed by atoms with E-state index in [-0.39, 0.29) is 19.7 Å². The van der Waals surface area contributed by atoms with Crippen LogP contribution in [0.5, 0.6) is 0 Å². The second kappa shape index (κ2) is 5.94. The van der Waals surface area contributed by atoms with Crippen molar-refractivity contribution in [2.45, 2.75) is 13.0 Å². The Morgan fingerprint density at radius 1 is 1.62 bits per heavy atom. The van der Waals surface area contributed by atoms with E-state index in [0.717, 1.165) is 4.31 Å². The SMILES string of the molecule is CN(CCCO)S(=O)(=O)NCc1ncc[nH]1. The van der Waals surface area contributed by atoms with Crippen LogP contribution in [0.2, 0.25) is 0 Å². The number of aliphatic hydroxyl groups is 1. The van der Waals surface area contributed by atoms with E-state index in [0.29, 0.717) is 12.2 Å². The maximum Gasteiger partial charge on any atom is 0.279 e. The lowest BCUT2D eigenvalue weighted by molar-refractivity contribution is 0.275. The van der Waals surface area contributed by atoms with Crippen molar-refractivity contribution in [2.24, 2.45) is 0 Å². The van der Waals surface area contributed by atoms with Crippen LogP contribution in [0, 0.1) is 0 Å². The van der Waals surface area contributed by atoms with Crippen molar-refractivity contribution in [3.8, 4) is 0 Å². The zero-order valence-corrected chi connectivity index (χ0v) is 9.87. The molecule has 7 nitrogen and oxygen atoms in total. The highest BCUT2D eigenvalue weighted by Gasteiger charge is 2.16. The molecule has 0 unspecified atom stereocenters. The number of rotatable bonds is 7. The van der Waals surface area contributed by atoms with Crippen LogP contribution in [0.3, 0.4) is 0 Å². The summed E-state index contributed by atoms with van der Waals surface area (Å²) in [6.07, 6.45) is 3.59. The van der Waals surface area contributed by atoms with Crippen molar-refractivity contribution in [3.63, 3.8) is 0 Å². The van der Waals surface area contributed by atoms with Gasteiger partial charge in [0.05, 0.1) is 6.54 Å². The molecule has 0 bridgehead atoms. The Bertz CT molecular complexity index is 389. The Hall–Kier alpha value is -0.960. The molecule has 0 atom stereocenters. The van der Waals surface area contributed by atoms with E-state index >= 15 is 0 Å². The zero-order valence-electron chi connectivity index (χ0n) is 9.05. The molecule has 1 aromatic rings. The first kappa shape index (κ1) is 13.1. The van der Waals surface area contributed by atoms with Crippen LogP contribution in [0.15, 0.2) is 12.4 Å². The lowest BCUT2D eigenvalue weighted by atomic mass is 10.5. The summed E-state index contributed by atoms with van der Waals surface area (Å²) in [6.45, 7) is 0.376. The number of hydrogen-bond acceptors (Lipinski definition) is 4. The van der Waals surface area contributed by atoms with E-state index in [9.17, 15) is 8.42 Å².